The Kier molecular flexibility index (Phi) is 5.96. The number of hydrogen-bond donors (Lipinski definition) is 0. The van der Waals surface area contributed by atoms with E-state index < -0.39 is 0 Å². The summed E-state index contributed by atoms with van der Waals surface area (Å²) in [5, 5.41) is 6.91. The van der Waals surface area contributed by atoms with Crippen molar-refractivity contribution in [2.45, 2.75) is 0 Å². The Morgan fingerprint density at radius 1 is 0.294 bits per heavy atom. The van der Waals surface area contributed by atoms with E-state index in [9.17, 15) is 0 Å². The van der Waals surface area contributed by atoms with Crippen molar-refractivity contribution in [2.24, 2.45) is 0 Å². The molecule has 0 radical (unpaired) electrons. The predicted octanol–water partition coefficient (Wildman–Crippen LogP) is 13.6. The van der Waals surface area contributed by atoms with Crippen molar-refractivity contribution in [2.75, 3.05) is 0 Å². The van der Waals surface area contributed by atoms with Crippen molar-refractivity contribution < 1.29 is 8.83 Å². The molecular weight excluding hydrogens is 623 g/mol. The monoisotopic (exact) mass is 651 g/mol. The Labute approximate surface area is 293 Å². The lowest BCUT2D eigenvalue weighted by atomic mass is 9.94. The Morgan fingerprint density at radius 2 is 0.784 bits per heavy atom. The van der Waals surface area contributed by atoms with Gasteiger partial charge in [0.2, 0.25) is 0 Å². The van der Waals surface area contributed by atoms with Crippen LogP contribution in [0.15, 0.2) is 185 Å². The quantitative estimate of drug-likeness (QED) is 0.190. The average molecular weight is 652 g/mol. The zero-order valence-electron chi connectivity index (χ0n) is 27.5. The molecule has 0 bridgehead atoms. The molecule has 3 nitrogen and oxygen atoms in total. The minimum Gasteiger partial charge on any atom is -0.456 e. The van der Waals surface area contributed by atoms with Crippen molar-refractivity contribution in [1.82, 2.24) is 4.57 Å². The highest BCUT2D eigenvalue weighted by Crippen LogP contribution is 2.44. The van der Waals surface area contributed by atoms with Crippen molar-refractivity contribution >= 4 is 65.7 Å². The molecule has 8 aromatic carbocycles. The maximum Gasteiger partial charge on any atom is 0.135 e. The largest absolute Gasteiger partial charge is 0.456 e. The molecule has 238 valence electrons. The number of para-hydroxylation sites is 4. The molecule has 3 heterocycles. The lowest BCUT2D eigenvalue weighted by Gasteiger charge is -2.19. The second kappa shape index (κ2) is 10.8. The molecule has 0 saturated carbocycles. The topological polar surface area (TPSA) is 31.2 Å². The van der Waals surface area contributed by atoms with Gasteiger partial charge in [0.1, 0.15) is 22.3 Å². The van der Waals surface area contributed by atoms with Gasteiger partial charge in [0.05, 0.1) is 16.7 Å². The molecule has 0 aliphatic carbocycles. The molecule has 11 rings (SSSR count). The fourth-order valence-electron chi connectivity index (χ4n) is 8.06. The van der Waals surface area contributed by atoms with Crippen LogP contribution in [0.1, 0.15) is 0 Å². The Morgan fingerprint density at radius 3 is 1.43 bits per heavy atom. The van der Waals surface area contributed by atoms with Gasteiger partial charge in [-0.15, -0.1) is 0 Å². The van der Waals surface area contributed by atoms with Gasteiger partial charge >= 0.3 is 0 Å². The van der Waals surface area contributed by atoms with Gasteiger partial charge in [-0.25, -0.2) is 0 Å². The number of nitrogens with zero attached hydrogens (tertiary/aromatic N) is 1. The van der Waals surface area contributed by atoms with Crippen molar-refractivity contribution in [1.29, 1.82) is 0 Å². The Bertz CT molecular complexity index is 3010. The molecule has 0 aliphatic heterocycles. The molecule has 0 N–H and O–H groups in total. The van der Waals surface area contributed by atoms with Crippen LogP contribution in [0.4, 0.5) is 0 Å². The number of rotatable bonds is 4. The first-order valence-corrected chi connectivity index (χ1v) is 17.3. The number of hydrogen-bond acceptors (Lipinski definition) is 2. The van der Waals surface area contributed by atoms with Crippen LogP contribution in [0, 0.1) is 0 Å². The van der Waals surface area contributed by atoms with Crippen molar-refractivity contribution in [3.8, 4) is 39.1 Å². The molecule has 0 atom stereocenters. The van der Waals surface area contributed by atoms with E-state index in [0.717, 1.165) is 82.9 Å². The van der Waals surface area contributed by atoms with E-state index in [2.05, 4.69) is 156 Å². The third-order valence-electron chi connectivity index (χ3n) is 10.4. The summed E-state index contributed by atoms with van der Waals surface area (Å²) in [7, 11) is 0. The molecule has 51 heavy (non-hydrogen) atoms. The second-order valence-electron chi connectivity index (χ2n) is 13.3. The zero-order valence-corrected chi connectivity index (χ0v) is 27.5. The summed E-state index contributed by atoms with van der Waals surface area (Å²) >= 11 is 0. The number of aromatic nitrogens is 1. The molecule has 3 aromatic heterocycles. The summed E-state index contributed by atoms with van der Waals surface area (Å²) in [4.78, 5) is 0. The average Bonchev–Trinajstić information content (AvgIpc) is 3.86. The zero-order chi connectivity index (χ0) is 33.5. The van der Waals surface area contributed by atoms with E-state index in [4.69, 9.17) is 8.83 Å². The fourth-order valence-corrected chi connectivity index (χ4v) is 8.06. The predicted molar refractivity (Wildman–Crippen MR) is 212 cm³/mol. The minimum atomic E-state index is 0.889. The van der Waals surface area contributed by atoms with Gasteiger partial charge in [-0.05, 0) is 76.9 Å². The molecule has 11 aromatic rings. The summed E-state index contributed by atoms with van der Waals surface area (Å²) in [6.45, 7) is 0. The fraction of sp³-hybridized carbons (Fsp3) is 0. The van der Waals surface area contributed by atoms with E-state index in [1.807, 2.05) is 24.3 Å². The standard InChI is InChI=1S/C48H29NO2/c1-2-11-30(12-3-1)31-21-24-43-39(27-31)36-13-4-7-18-42(36)49(43)48-34(32-22-25-46-40(28-32)37-14-5-8-19-44(37)50-46)16-10-17-35(48)33-23-26-47-41(29-33)38-15-6-9-20-45(38)51-47/h1-29H. The molecule has 0 amide bonds. The van der Waals surface area contributed by atoms with Crippen LogP contribution in [0.5, 0.6) is 0 Å². The molecular formula is C48H29NO2. The van der Waals surface area contributed by atoms with E-state index in [1.165, 1.54) is 21.9 Å². The lowest BCUT2D eigenvalue weighted by Crippen LogP contribution is -2.00. The van der Waals surface area contributed by atoms with Crippen LogP contribution in [0.2, 0.25) is 0 Å². The van der Waals surface area contributed by atoms with Crippen LogP contribution in [-0.2, 0) is 0 Å². The molecule has 0 saturated heterocycles. The molecule has 0 aliphatic rings. The highest BCUT2D eigenvalue weighted by atomic mass is 16.3. The third kappa shape index (κ3) is 4.25. The van der Waals surface area contributed by atoms with E-state index in [-0.39, 0.29) is 0 Å². The molecule has 0 fully saturated rings. The maximum absolute atomic E-state index is 6.26. The first-order valence-electron chi connectivity index (χ1n) is 17.3. The van der Waals surface area contributed by atoms with Gasteiger partial charge < -0.3 is 13.4 Å². The van der Waals surface area contributed by atoms with Gasteiger partial charge in [0, 0.05) is 43.4 Å². The lowest BCUT2D eigenvalue weighted by molar-refractivity contribution is 0.668. The summed E-state index contributed by atoms with van der Waals surface area (Å²) in [5.74, 6) is 0. The summed E-state index contributed by atoms with van der Waals surface area (Å²) < 4.78 is 15.0. The van der Waals surface area contributed by atoms with Crippen LogP contribution in [0.25, 0.3) is 105 Å². The summed E-state index contributed by atoms with van der Waals surface area (Å²) in [5.41, 5.74) is 14.0. The Balaban J connectivity index is 1.24. The van der Waals surface area contributed by atoms with Crippen LogP contribution in [-0.4, -0.2) is 4.57 Å². The maximum atomic E-state index is 6.26. The highest BCUT2D eigenvalue weighted by molar-refractivity contribution is 6.13. The van der Waals surface area contributed by atoms with E-state index in [0.29, 0.717) is 0 Å². The number of benzene rings is 8. The second-order valence-corrected chi connectivity index (χ2v) is 13.3. The number of fused-ring (bicyclic) bond motifs is 9. The van der Waals surface area contributed by atoms with Crippen LogP contribution >= 0.6 is 0 Å². The molecule has 0 spiro atoms. The van der Waals surface area contributed by atoms with Gasteiger partial charge in [-0.2, -0.15) is 0 Å². The first kappa shape index (κ1) is 28.0. The van der Waals surface area contributed by atoms with Gasteiger partial charge in [0.25, 0.3) is 0 Å². The van der Waals surface area contributed by atoms with Gasteiger partial charge in [0.15, 0.2) is 0 Å². The summed E-state index contributed by atoms with van der Waals surface area (Å²) in [6, 6.07) is 62.8. The molecule has 3 heteroatoms. The smallest absolute Gasteiger partial charge is 0.135 e. The van der Waals surface area contributed by atoms with Gasteiger partial charge in [-0.1, -0.05) is 121 Å². The first-order chi connectivity index (χ1) is 25.3. The SMILES string of the molecule is c1ccc(-c2ccc3c(c2)c2ccccc2n3-c2c(-c3ccc4oc5ccccc5c4c3)cccc2-c2ccc3oc4ccccc4c3c2)cc1. The van der Waals surface area contributed by atoms with Crippen molar-refractivity contribution in [3.63, 3.8) is 0 Å². The van der Waals surface area contributed by atoms with E-state index >= 15 is 0 Å². The minimum absolute atomic E-state index is 0.889. The molecule has 0 unspecified atom stereocenters. The van der Waals surface area contributed by atoms with Crippen LogP contribution < -0.4 is 0 Å². The van der Waals surface area contributed by atoms with Gasteiger partial charge in [-0.3, -0.25) is 0 Å². The number of furan rings is 2. The van der Waals surface area contributed by atoms with Crippen molar-refractivity contribution in [3.05, 3.63) is 176 Å². The van der Waals surface area contributed by atoms with E-state index in [1.54, 1.807) is 0 Å². The van der Waals surface area contributed by atoms with Crippen LogP contribution in [0.3, 0.4) is 0 Å². The summed E-state index contributed by atoms with van der Waals surface area (Å²) in [6.07, 6.45) is 0. The highest BCUT2D eigenvalue weighted by Gasteiger charge is 2.21. The Hall–Kier alpha value is -6.84. The third-order valence-corrected chi connectivity index (χ3v) is 10.4. The normalized spacial score (nSPS) is 11.9.